The van der Waals surface area contributed by atoms with E-state index in [-0.39, 0.29) is 18.5 Å². The van der Waals surface area contributed by atoms with Crippen LogP contribution in [0.3, 0.4) is 0 Å². The Labute approximate surface area is 196 Å². The average Bonchev–Trinajstić information content (AvgIpc) is 3.32. The molecule has 174 valence electrons. The van der Waals surface area contributed by atoms with Crippen molar-refractivity contribution in [3.05, 3.63) is 89.4 Å². The minimum atomic E-state index is -0.261. The molecular weight excluding hydrogens is 414 g/mol. The van der Waals surface area contributed by atoms with E-state index >= 15 is 0 Å². The second kappa shape index (κ2) is 11.9. The van der Waals surface area contributed by atoms with E-state index in [9.17, 15) is 9.59 Å². The first kappa shape index (κ1) is 24.1. The van der Waals surface area contributed by atoms with Gasteiger partial charge >= 0.3 is 6.03 Å². The number of urea groups is 1. The van der Waals surface area contributed by atoms with Gasteiger partial charge in [0.1, 0.15) is 12.3 Å². The molecule has 0 aliphatic heterocycles. The molecular formula is C27H33N3O3. The van der Waals surface area contributed by atoms with Crippen LogP contribution in [-0.2, 0) is 17.8 Å². The molecule has 1 heterocycles. The van der Waals surface area contributed by atoms with Crippen molar-refractivity contribution >= 4 is 17.6 Å². The highest BCUT2D eigenvalue weighted by Crippen LogP contribution is 2.20. The zero-order valence-electron chi connectivity index (χ0n) is 19.7. The van der Waals surface area contributed by atoms with Crippen LogP contribution in [0.15, 0.2) is 71.3 Å². The lowest BCUT2D eigenvalue weighted by atomic mass is 10.1. The van der Waals surface area contributed by atoms with Gasteiger partial charge in [0.05, 0.1) is 12.8 Å². The van der Waals surface area contributed by atoms with Crippen molar-refractivity contribution in [1.82, 2.24) is 9.80 Å². The number of carbonyl (C=O) groups excluding carboxylic acids is 2. The van der Waals surface area contributed by atoms with Gasteiger partial charge < -0.3 is 19.5 Å². The second-order valence-electron chi connectivity index (χ2n) is 8.25. The highest BCUT2D eigenvalue weighted by molar-refractivity contribution is 5.93. The highest BCUT2D eigenvalue weighted by Gasteiger charge is 2.22. The molecule has 0 saturated carbocycles. The lowest BCUT2D eigenvalue weighted by Gasteiger charge is -2.28. The van der Waals surface area contributed by atoms with Crippen LogP contribution in [0.2, 0.25) is 0 Å². The van der Waals surface area contributed by atoms with Crippen LogP contribution in [0.5, 0.6) is 0 Å². The quantitative estimate of drug-likeness (QED) is 0.452. The number of carbonyl (C=O) groups is 2. The van der Waals surface area contributed by atoms with Crippen molar-refractivity contribution in [1.29, 1.82) is 0 Å². The van der Waals surface area contributed by atoms with Crippen LogP contribution in [0.4, 0.5) is 10.5 Å². The summed E-state index contributed by atoms with van der Waals surface area (Å²) in [6, 6.07) is 19.4. The number of nitrogens with one attached hydrogen (secondary N) is 1. The molecule has 0 spiro atoms. The van der Waals surface area contributed by atoms with Crippen molar-refractivity contribution in [2.75, 3.05) is 25.0 Å². The molecule has 33 heavy (non-hydrogen) atoms. The molecule has 0 aliphatic rings. The number of rotatable bonds is 10. The molecule has 1 N–H and O–H groups in total. The van der Waals surface area contributed by atoms with E-state index in [1.807, 2.05) is 69.3 Å². The number of anilines is 1. The smallest absolute Gasteiger partial charge is 0.322 e. The zero-order valence-corrected chi connectivity index (χ0v) is 19.7. The molecule has 0 unspecified atom stereocenters. The summed E-state index contributed by atoms with van der Waals surface area (Å²) in [4.78, 5) is 29.8. The van der Waals surface area contributed by atoms with Crippen LogP contribution >= 0.6 is 0 Å². The van der Waals surface area contributed by atoms with Crippen molar-refractivity contribution < 1.29 is 14.0 Å². The summed E-state index contributed by atoms with van der Waals surface area (Å²) in [5.74, 6) is 0.617. The summed E-state index contributed by atoms with van der Waals surface area (Å²) >= 11 is 0. The third-order valence-corrected chi connectivity index (χ3v) is 5.61. The van der Waals surface area contributed by atoms with Gasteiger partial charge in [-0.1, -0.05) is 55.5 Å². The standard InChI is InChI=1S/C27H33N3O3/c1-4-16-30(27(32)28-26-21(2)10-8-11-22(26)3)20-25(31)29(19-24-14-9-18-33-24)17-15-23-12-6-5-7-13-23/h5-14,18H,4,15-17,19-20H2,1-3H3,(H,28,32). The van der Waals surface area contributed by atoms with E-state index < -0.39 is 0 Å². The maximum atomic E-state index is 13.3. The summed E-state index contributed by atoms with van der Waals surface area (Å²) in [6.45, 7) is 7.36. The van der Waals surface area contributed by atoms with Crippen LogP contribution < -0.4 is 5.32 Å². The molecule has 0 aliphatic carbocycles. The number of para-hydroxylation sites is 1. The Kier molecular flexibility index (Phi) is 8.70. The Bertz CT molecular complexity index is 1010. The normalized spacial score (nSPS) is 10.6. The number of hydrogen-bond acceptors (Lipinski definition) is 3. The molecule has 1 aromatic heterocycles. The van der Waals surface area contributed by atoms with Gasteiger partial charge in [-0.15, -0.1) is 0 Å². The fourth-order valence-corrected chi connectivity index (χ4v) is 3.77. The summed E-state index contributed by atoms with van der Waals surface area (Å²) in [5, 5.41) is 3.01. The van der Waals surface area contributed by atoms with Gasteiger partial charge in [-0.3, -0.25) is 4.79 Å². The molecule has 0 saturated heterocycles. The van der Waals surface area contributed by atoms with Gasteiger partial charge in [0.25, 0.3) is 0 Å². The molecule has 0 fully saturated rings. The first-order valence-electron chi connectivity index (χ1n) is 11.4. The van der Waals surface area contributed by atoms with E-state index in [1.54, 1.807) is 16.1 Å². The molecule has 2 aromatic carbocycles. The van der Waals surface area contributed by atoms with Crippen molar-refractivity contribution in [2.24, 2.45) is 0 Å². The van der Waals surface area contributed by atoms with Crippen LogP contribution in [0, 0.1) is 13.8 Å². The minimum absolute atomic E-state index is 0.0140. The Morgan fingerprint density at radius 2 is 1.61 bits per heavy atom. The van der Waals surface area contributed by atoms with Gasteiger partial charge in [-0.25, -0.2) is 4.79 Å². The van der Waals surface area contributed by atoms with Gasteiger partial charge in [-0.2, -0.15) is 0 Å². The van der Waals surface area contributed by atoms with Crippen LogP contribution in [0.25, 0.3) is 0 Å². The van der Waals surface area contributed by atoms with E-state index in [2.05, 4.69) is 17.4 Å². The van der Waals surface area contributed by atoms with E-state index in [1.165, 1.54) is 0 Å². The third kappa shape index (κ3) is 6.97. The van der Waals surface area contributed by atoms with Crippen molar-refractivity contribution in [2.45, 2.75) is 40.2 Å². The molecule has 3 aromatic rings. The molecule has 0 radical (unpaired) electrons. The molecule has 3 rings (SSSR count). The molecule has 6 heteroatoms. The molecule has 0 atom stereocenters. The number of amides is 3. The Morgan fingerprint density at radius 3 is 2.24 bits per heavy atom. The van der Waals surface area contributed by atoms with E-state index in [0.29, 0.717) is 19.6 Å². The minimum Gasteiger partial charge on any atom is -0.467 e. The second-order valence-corrected chi connectivity index (χ2v) is 8.25. The summed E-state index contributed by atoms with van der Waals surface area (Å²) in [7, 11) is 0. The lowest BCUT2D eigenvalue weighted by molar-refractivity contribution is -0.132. The summed E-state index contributed by atoms with van der Waals surface area (Å²) in [5.41, 5.74) is 3.95. The maximum absolute atomic E-state index is 13.3. The number of hydrogen-bond donors (Lipinski definition) is 1. The number of aryl methyl sites for hydroxylation is 2. The monoisotopic (exact) mass is 447 g/mol. The SMILES string of the molecule is CCCN(CC(=O)N(CCc1ccccc1)Cc1ccco1)C(=O)Nc1c(C)cccc1C. The fourth-order valence-electron chi connectivity index (χ4n) is 3.77. The van der Waals surface area contributed by atoms with Crippen molar-refractivity contribution in [3.8, 4) is 0 Å². The zero-order chi connectivity index (χ0) is 23.6. The topological polar surface area (TPSA) is 65.8 Å². The summed E-state index contributed by atoms with van der Waals surface area (Å²) in [6.07, 6.45) is 3.10. The van der Waals surface area contributed by atoms with E-state index in [0.717, 1.165) is 41.0 Å². The predicted molar refractivity (Wildman–Crippen MR) is 131 cm³/mol. The third-order valence-electron chi connectivity index (χ3n) is 5.61. The number of benzene rings is 2. The van der Waals surface area contributed by atoms with Crippen molar-refractivity contribution in [3.63, 3.8) is 0 Å². The Hall–Kier alpha value is -3.54. The predicted octanol–water partition coefficient (Wildman–Crippen LogP) is 5.41. The van der Waals surface area contributed by atoms with Gasteiger partial charge in [0.15, 0.2) is 0 Å². The van der Waals surface area contributed by atoms with Gasteiger partial charge in [-0.05, 0) is 55.5 Å². The van der Waals surface area contributed by atoms with Gasteiger partial charge in [0, 0.05) is 18.8 Å². The molecule has 3 amide bonds. The molecule has 6 nitrogen and oxygen atoms in total. The van der Waals surface area contributed by atoms with E-state index in [4.69, 9.17) is 4.42 Å². The molecule has 0 bridgehead atoms. The van der Waals surface area contributed by atoms with Crippen LogP contribution in [0.1, 0.15) is 35.8 Å². The maximum Gasteiger partial charge on any atom is 0.322 e. The largest absolute Gasteiger partial charge is 0.467 e. The average molecular weight is 448 g/mol. The summed E-state index contributed by atoms with van der Waals surface area (Å²) < 4.78 is 5.48. The first-order valence-corrected chi connectivity index (χ1v) is 11.4. The fraction of sp³-hybridized carbons (Fsp3) is 0.333. The number of furan rings is 1. The lowest BCUT2D eigenvalue weighted by Crippen LogP contribution is -2.45. The Balaban J connectivity index is 1.71. The van der Waals surface area contributed by atoms with Crippen LogP contribution in [-0.4, -0.2) is 41.4 Å². The Morgan fingerprint density at radius 1 is 0.879 bits per heavy atom. The van der Waals surface area contributed by atoms with Gasteiger partial charge in [0.2, 0.25) is 5.91 Å². The number of nitrogens with zero attached hydrogens (tertiary/aromatic N) is 2. The highest BCUT2D eigenvalue weighted by atomic mass is 16.3. The first-order chi connectivity index (χ1) is 16.0.